The van der Waals surface area contributed by atoms with Gasteiger partial charge in [-0.05, 0) is 18.2 Å². The summed E-state index contributed by atoms with van der Waals surface area (Å²) < 4.78 is 0. The van der Waals surface area contributed by atoms with E-state index in [9.17, 15) is 14.4 Å². The van der Waals surface area contributed by atoms with Crippen LogP contribution in [0.2, 0.25) is 0 Å². The second kappa shape index (κ2) is 2.90. The zero-order valence-electron chi connectivity index (χ0n) is 6.90. The third kappa shape index (κ3) is 1.12. The van der Waals surface area contributed by atoms with Crippen LogP contribution in [0.3, 0.4) is 0 Å². The summed E-state index contributed by atoms with van der Waals surface area (Å²) in [6.45, 7) is 0. The van der Waals surface area contributed by atoms with Crippen molar-refractivity contribution in [1.82, 2.24) is 5.32 Å². The molecule has 0 spiro atoms. The summed E-state index contributed by atoms with van der Waals surface area (Å²) in [6.07, 6.45) is 1.36. The summed E-state index contributed by atoms with van der Waals surface area (Å²) in [4.78, 5) is 35.6. The van der Waals surface area contributed by atoms with Gasteiger partial charge in [-0.2, -0.15) is 4.99 Å². The van der Waals surface area contributed by atoms with Crippen molar-refractivity contribution in [3.8, 4) is 0 Å². The molecule has 1 heterocycles. The highest BCUT2D eigenvalue weighted by Gasteiger charge is 2.26. The fourth-order valence-electron chi connectivity index (χ4n) is 1.28. The van der Waals surface area contributed by atoms with E-state index in [4.69, 9.17) is 0 Å². The van der Waals surface area contributed by atoms with Crippen molar-refractivity contribution in [2.45, 2.75) is 0 Å². The number of fused-ring (bicyclic) bond motifs is 1. The maximum absolute atomic E-state index is 11.2. The van der Waals surface area contributed by atoms with Crippen LogP contribution in [0.5, 0.6) is 0 Å². The number of nitrogens with zero attached hydrogens (tertiary/aromatic N) is 1. The molecule has 68 valence electrons. The summed E-state index contributed by atoms with van der Waals surface area (Å²) in [7, 11) is 0. The predicted octanol–water partition coefficient (Wildman–Crippen LogP) is 0.538. The number of carbonyl (C=O) groups is 2. The topological polar surface area (TPSA) is 75.6 Å². The standard InChI is InChI=1S/C9H4N2O3/c12-4-10-5-1-2-6-7(3-5)9(14)11-8(6)13/h1-3H,(H,11,13,14). The molecule has 5 nitrogen and oxygen atoms in total. The normalized spacial score (nSPS) is 13.1. The molecule has 0 saturated carbocycles. The highest BCUT2D eigenvalue weighted by atomic mass is 16.2. The Bertz CT molecular complexity index is 487. The van der Waals surface area contributed by atoms with Crippen LogP contribution >= 0.6 is 0 Å². The van der Waals surface area contributed by atoms with Gasteiger partial charge in [0.05, 0.1) is 16.8 Å². The molecule has 14 heavy (non-hydrogen) atoms. The molecule has 1 aromatic carbocycles. The van der Waals surface area contributed by atoms with E-state index in [1.54, 1.807) is 0 Å². The molecule has 0 unspecified atom stereocenters. The first-order valence-electron chi connectivity index (χ1n) is 3.80. The lowest BCUT2D eigenvalue weighted by Crippen LogP contribution is -2.19. The van der Waals surface area contributed by atoms with E-state index in [0.717, 1.165) is 0 Å². The third-order valence-corrected chi connectivity index (χ3v) is 1.89. The van der Waals surface area contributed by atoms with Gasteiger partial charge in [0.1, 0.15) is 0 Å². The van der Waals surface area contributed by atoms with E-state index < -0.39 is 11.8 Å². The summed E-state index contributed by atoms with van der Waals surface area (Å²) in [5.41, 5.74) is 0.856. The highest BCUT2D eigenvalue weighted by Crippen LogP contribution is 2.21. The van der Waals surface area contributed by atoms with E-state index in [0.29, 0.717) is 11.3 Å². The minimum atomic E-state index is -0.465. The van der Waals surface area contributed by atoms with Crippen molar-refractivity contribution in [2.24, 2.45) is 4.99 Å². The third-order valence-electron chi connectivity index (χ3n) is 1.89. The average molecular weight is 188 g/mol. The SMILES string of the molecule is O=C=Nc1ccc2c(c1)C(=O)NC2=O. The summed E-state index contributed by atoms with van der Waals surface area (Å²) in [5.74, 6) is -0.889. The number of amides is 2. The van der Waals surface area contributed by atoms with Gasteiger partial charge in [0, 0.05) is 0 Å². The van der Waals surface area contributed by atoms with Crippen molar-refractivity contribution >= 4 is 23.6 Å². The number of hydrogen-bond acceptors (Lipinski definition) is 4. The maximum Gasteiger partial charge on any atom is 0.259 e. The molecule has 0 bridgehead atoms. The van der Waals surface area contributed by atoms with Gasteiger partial charge in [-0.1, -0.05) is 0 Å². The quantitative estimate of drug-likeness (QED) is 0.397. The minimum Gasteiger partial charge on any atom is -0.288 e. The largest absolute Gasteiger partial charge is 0.288 e. The van der Waals surface area contributed by atoms with Crippen LogP contribution in [0.1, 0.15) is 20.7 Å². The molecule has 1 aliphatic heterocycles. The van der Waals surface area contributed by atoms with E-state index in [1.165, 1.54) is 24.3 Å². The predicted molar refractivity (Wildman–Crippen MR) is 46.0 cm³/mol. The second-order valence-corrected chi connectivity index (χ2v) is 2.72. The van der Waals surface area contributed by atoms with Gasteiger partial charge in [0.15, 0.2) is 0 Å². The molecule has 0 radical (unpaired) electrons. The summed E-state index contributed by atoms with van der Waals surface area (Å²) in [5, 5.41) is 2.13. The zero-order valence-corrected chi connectivity index (χ0v) is 6.90. The Labute approximate surface area is 78.5 Å². The van der Waals surface area contributed by atoms with Crippen LogP contribution in [0, 0.1) is 0 Å². The molecule has 1 N–H and O–H groups in total. The lowest BCUT2D eigenvalue weighted by Gasteiger charge is -1.93. The Hall–Kier alpha value is -2.26. The minimum absolute atomic E-state index is 0.242. The van der Waals surface area contributed by atoms with Crippen molar-refractivity contribution in [2.75, 3.05) is 0 Å². The molecule has 2 rings (SSSR count). The van der Waals surface area contributed by atoms with Gasteiger partial charge in [-0.25, -0.2) is 4.79 Å². The van der Waals surface area contributed by atoms with Crippen LogP contribution in [-0.4, -0.2) is 17.9 Å². The molecule has 1 aliphatic rings. The lowest BCUT2D eigenvalue weighted by molar-refractivity contribution is 0.0879. The number of benzene rings is 1. The van der Waals surface area contributed by atoms with Crippen LogP contribution in [0.15, 0.2) is 23.2 Å². The number of imide groups is 1. The zero-order chi connectivity index (χ0) is 10.1. The van der Waals surface area contributed by atoms with Crippen LogP contribution < -0.4 is 5.32 Å². The number of aliphatic imine (C=N–C) groups is 1. The summed E-state index contributed by atoms with van der Waals surface area (Å²) >= 11 is 0. The first-order chi connectivity index (χ1) is 6.72. The lowest BCUT2D eigenvalue weighted by atomic mass is 10.1. The molecule has 0 aliphatic carbocycles. The van der Waals surface area contributed by atoms with Crippen LogP contribution in [-0.2, 0) is 4.79 Å². The molecular formula is C9H4N2O3. The highest BCUT2D eigenvalue weighted by molar-refractivity contribution is 6.21. The number of nitrogens with one attached hydrogen (secondary N) is 1. The van der Waals surface area contributed by atoms with Gasteiger partial charge >= 0.3 is 0 Å². The van der Waals surface area contributed by atoms with Crippen LogP contribution in [0.25, 0.3) is 0 Å². The van der Waals surface area contributed by atoms with Crippen LogP contribution in [0.4, 0.5) is 5.69 Å². The molecule has 0 fully saturated rings. The Balaban J connectivity index is 2.60. The van der Waals surface area contributed by atoms with Crippen molar-refractivity contribution in [3.05, 3.63) is 29.3 Å². The fourth-order valence-corrected chi connectivity index (χ4v) is 1.28. The number of carbonyl (C=O) groups excluding carboxylic acids is 3. The molecule has 0 saturated heterocycles. The van der Waals surface area contributed by atoms with E-state index in [-0.39, 0.29) is 5.56 Å². The molecular weight excluding hydrogens is 184 g/mol. The number of hydrogen-bond donors (Lipinski definition) is 1. The number of isocyanates is 1. The van der Waals surface area contributed by atoms with Gasteiger partial charge in [-0.15, -0.1) is 0 Å². The second-order valence-electron chi connectivity index (χ2n) is 2.72. The monoisotopic (exact) mass is 188 g/mol. The Morgan fingerprint density at radius 1 is 1.14 bits per heavy atom. The van der Waals surface area contributed by atoms with Crippen molar-refractivity contribution in [1.29, 1.82) is 0 Å². The van der Waals surface area contributed by atoms with E-state index >= 15 is 0 Å². The van der Waals surface area contributed by atoms with Crippen molar-refractivity contribution < 1.29 is 14.4 Å². The van der Waals surface area contributed by atoms with Gasteiger partial charge in [-0.3, -0.25) is 14.9 Å². The average Bonchev–Trinajstić information content (AvgIpc) is 2.43. The smallest absolute Gasteiger partial charge is 0.259 e. The van der Waals surface area contributed by atoms with Gasteiger partial charge < -0.3 is 0 Å². The molecule has 2 amide bonds. The number of rotatable bonds is 1. The first kappa shape index (κ1) is 8.34. The first-order valence-corrected chi connectivity index (χ1v) is 3.80. The fraction of sp³-hybridized carbons (Fsp3) is 0. The molecule has 1 aromatic rings. The van der Waals surface area contributed by atoms with Gasteiger partial charge in [0.2, 0.25) is 6.08 Å². The maximum atomic E-state index is 11.2. The van der Waals surface area contributed by atoms with Gasteiger partial charge in [0.25, 0.3) is 11.8 Å². The Morgan fingerprint density at radius 3 is 2.57 bits per heavy atom. The Morgan fingerprint density at radius 2 is 1.86 bits per heavy atom. The van der Waals surface area contributed by atoms with E-state index in [2.05, 4.69) is 10.3 Å². The summed E-state index contributed by atoms with van der Waals surface area (Å²) in [6, 6.07) is 4.30. The Kier molecular flexibility index (Phi) is 1.73. The van der Waals surface area contributed by atoms with Crippen molar-refractivity contribution in [3.63, 3.8) is 0 Å². The molecule has 5 heteroatoms. The van der Waals surface area contributed by atoms with E-state index in [1.807, 2.05) is 0 Å². The molecule has 0 aromatic heterocycles. The molecule has 0 atom stereocenters.